The van der Waals surface area contributed by atoms with Gasteiger partial charge in [0.25, 0.3) is 0 Å². The molecule has 0 amide bonds. The maximum absolute atomic E-state index is 12.0. The SMILES string of the molecule is CC1(C)C(C(=O)O)C1(C=C1CCOC1=O)Cc1coc(Cc2ccccc2)c1. The highest BCUT2D eigenvalue weighted by Gasteiger charge is 2.73. The summed E-state index contributed by atoms with van der Waals surface area (Å²) in [6.07, 6.45) is 5.32. The highest BCUT2D eigenvalue weighted by Crippen LogP contribution is 2.71. The van der Waals surface area contributed by atoms with E-state index in [0.29, 0.717) is 31.4 Å². The van der Waals surface area contributed by atoms with Gasteiger partial charge < -0.3 is 14.3 Å². The van der Waals surface area contributed by atoms with Crippen molar-refractivity contribution in [3.63, 3.8) is 0 Å². The van der Waals surface area contributed by atoms with Gasteiger partial charge >= 0.3 is 11.9 Å². The molecule has 2 aliphatic rings. The number of hydrogen-bond acceptors (Lipinski definition) is 4. The number of aliphatic carboxylic acids is 1. The van der Waals surface area contributed by atoms with Crippen molar-refractivity contribution in [2.24, 2.45) is 16.7 Å². The summed E-state index contributed by atoms with van der Waals surface area (Å²) >= 11 is 0. The lowest BCUT2D eigenvalue weighted by Gasteiger charge is -2.16. The standard InChI is InChI=1S/C23H24O5/c1-22(2)19(20(24)25)23(22,13-17-8-9-27-21(17)26)12-16-11-18(28-14-16)10-15-6-4-3-5-7-15/h3-7,11,13-14,19H,8-10,12H2,1-2H3,(H,24,25). The molecule has 0 spiro atoms. The van der Waals surface area contributed by atoms with E-state index < -0.39 is 22.7 Å². The third kappa shape index (κ3) is 3.05. The topological polar surface area (TPSA) is 76.7 Å². The molecule has 2 atom stereocenters. The number of hydrogen-bond donors (Lipinski definition) is 1. The summed E-state index contributed by atoms with van der Waals surface area (Å²) in [5.74, 6) is -0.868. The van der Waals surface area contributed by atoms with Crippen molar-refractivity contribution in [1.82, 2.24) is 0 Å². The smallest absolute Gasteiger partial charge is 0.333 e. The van der Waals surface area contributed by atoms with Crippen molar-refractivity contribution in [2.75, 3.05) is 6.61 Å². The fraction of sp³-hybridized carbons (Fsp3) is 0.391. The Bertz CT molecular complexity index is 937. The second-order valence-electron chi connectivity index (χ2n) is 8.35. The van der Waals surface area contributed by atoms with Crippen LogP contribution in [-0.4, -0.2) is 23.7 Å². The van der Waals surface area contributed by atoms with Gasteiger partial charge in [-0.15, -0.1) is 0 Å². The third-order valence-corrected chi connectivity index (χ3v) is 6.32. The van der Waals surface area contributed by atoms with Gasteiger partial charge in [-0.05, 0) is 29.0 Å². The Labute approximate surface area is 164 Å². The van der Waals surface area contributed by atoms with E-state index in [-0.39, 0.29) is 5.97 Å². The molecule has 28 heavy (non-hydrogen) atoms. The van der Waals surface area contributed by atoms with E-state index in [1.807, 2.05) is 56.3 Å². The molecule has 2 fully saturated rings. The Hall–Kier alpha value is -2.82. The van der Waals surface area contributed by atoms with E-state index in [2.05, 4.69) is 0 Å². The van der Waals surface area contributed by atoms with Gasteiger partial charge in [-0.2, -0.15) is 0 Å². The van der Waals surface area contributed by atoms with Gasteiger partial charge in [-0.3, -0.25) is 4.79 Å². The lowest BCUT2D eigenvalue weighted by molar-refractivity contribution is -0.140. The lowest BCUT2D eigenvalue weighted by Crippen LogP contribution is -2.14. The highest BCUT2D eigenvalue weighted by molar-refractivity contribution is 5.91. The Morgan fingerprint density at radius 2 is 2.00 bits per heavy atom. The number of rotatable bonds is 6. The lowest BCUT2D eigenvalue weighted by atomic mass is 9.87. The quantitative estimate of drug-likeness (QED) is 0.605. The monoisotopic (exact) mass is 380 g/mol. The average Bonchev–Trinajstić information content (AvgIpc) is 3.00. The van der Waals surface area contributed by atoms with Crippen LogP contribution in [0.4, 0.5) is 0 Å². The minimum atomic E-state index is -0.832. The number of ether oxygens (including phenoxy) is 1. The van der Waals surface area contributed by atoms with Crippen LogP contribution in [0, 0.1) is 16.7 Å². The molecule has 5 heteroatoms. The Morgan fingerprint density at radius 3 is 2.61 bits per heavy atom. The van der Waals surface area contributed by atoms with Crippen LogP contribution in [0.15, 0.2) is 58.7 Å². The van der Waals surface area contributed by atoms with Crippen LogP contribution < -0.4 is 0 Å². The van der Waals surface area contributed by atoms with E-state index >= 15 is 0 Å². The van der Waals surface area contributed by atoms with Crippen molar-refractivity contribution in [3.05, 3.63) is 71.2 Å². The summed E-state index contributed by atoms with van der Waals surface area (Å²) in [6, 6.07) is 12.0. The van der Waals surface area contributed by atoms with Crippen LogP contribution in [0.3, 0.4) is 0 Å². The van der Waals surface area contributed by atoms with Gasteiger partial charge in [0, 0.05) is 23.8 Å². The Balaban J connectivity index is 1.61. The summed E-state index contributed by atoms with van der Waals surface area (Å²) in [5.41, 5.74) is 1.62. The summed E-state index contributed by atoms with van der Waals surface area (Å²) in [6.45, 7) is 4.27. The van der Waals surface area contributed by atoms with E-state index in [1.165, 1.54) is 0 Å². The molecular formula is C23H24O5. The van der Waals surface area contributed by atoms with Crippen LogP contribution in [0.2, 0.25) is 0 Å². The zero-order chi connectivity index (χ0) is 19.9. The number of carboxylic acid groups (broad SMARTS) is 1. The number of furan rings is 1. The van der Waals surface area contributed by atoms with Gasteiger partial charge in [-0.1, -0.05) is 50.3 Å². The van der Waals surface area contributed by atoms with Crippen molar-refractivity contribution in [1.29, 1.82) is 0 Å². The Kier molecular flexibility index (Phi) is 4.41. The molecule has 5 nitrogen and oxygen atoms in total. The predicted molar refractivity (Wildman–Crippen MR) is 103 cm³/mol. The first-order chi connectivity index (χ1) is 13.3. The number of cyclic esters (lactones) is 1. The van der Waals surface area contributed by atoms with Gasteiger partial charge in [0.2, 0.25) is 0 Å². The molecule has 1 saturated heterocycles. The van der Waals surface area contributed by atoms with Crippen LogP contribution in [0.1, 0.15) is 37.2 Å². The summed E-state index contributed by atoms with van der Waals surface area (Å²) in [5, 5.41) is 9.77. The molecule has 4 rings (SSSR count). The van der Waals surface area contributed by atoms with Crippen LogP contribution >= 0.6 is 0 Å². The first-order valence-corrected chi connectivity index (χ1v) is 9.55. The van der Waals surface area contributed by atoms with Crippen molar-refractivity contribution < 1.29 is 23.8 Å². The zero-order valence-electron chi connectivity index (χ0n) is 16.1. The van der Waals surface area contributed by atoms with Gasteiger partial charge in [0.15, 0.2) is 0 Å². The van der Waals surface area contributed by atoms with E-state index in [9.17, 15) is 14.7 Å². The number of allylic oxidation sites excluding steroid dienone is 1. The number of carbonyl (C=O) groups is 2. The molecular weight excluding hydrogens is 356 g/mol. The second-order valence-corrected chi connectivity index (χ2v) is 8.35. The van der Waals surface area contributed by atoms with E-state index in [0.717, 1.165) is 16.9 Å². The van der Waals surface area contributed by atoms with Crippen molar-refractivity contribution in [3.8, 4) is 0 Å². The molecule has 2 unspecified atom stereocenters. The van der Waals surface area contributed by atoms with Crippen molar-refractivity contribution >= 4 is 11.9 Å². The largest absolute Gasteiger partial charge is 0.481 e. The molecule has 1 aromatic carbocycles. The van der Waals surface area contributed by atoms with E-state index in [4.69, 9.17) is 9.15 Å². The fourth-order valence-electron chi connectivity index (χ4n) is 4.70. The van der Waals surface area contributed by atoms with Crippen LogP contribution in [-0.2, 0) is 27.2 Å². The zero-order valence-corrected chi connectivity index (χ0v) is 16.1. The van der Waals surface area contributed by atoms with Gasteiger partial charge in [-0.25, -0.2) is 4.79 Å². The predicted octanol–water partition coefficient (Wildman–Crippen LogP) is 4.01. The maximum atomic E-state index is 12.0. The molecule has 1 N–H and O–H groups in total. The molecule has 0 bridgehead atoms. The molecule has 0 radical (unpaired) electrons. The maximum Gasteiger partial charge on any atom is 0.333 e. The van der Waals surface area contributed by atoms with E-state index in [1.54, 1.807) is 6.26 Å². The number of carbonyl (C=O) groups excluding carboxylic acids is 1. The fourth-order valence-corrected chi connectivity index (χ4v) is 4.70. The van der Waals surface area contributed by atoms with Crippen molar-refractivity contribution in [2.45, 2.75) is 33.1 Å². The molecule has 1 aliphatic heterocycles. The average molecular weight is 380 g/mol. The number of benzene rings is 1. The summed E-state index contributed by atoms with van der Waals surface area (Å²) < 4.78 is 10.8. The second kappa shape index (κ2) is 6.66. The normalized spacial score (nSPS) is 27.0. The van der Waals surface area contributed by atoms with Crippen LogP contribution in [0.25, 0.3) is 0 Å². The Morgan fingerprint density at radius 1 is 1.25 bits per heavy atom. The first-order valence-electron chi connectivity index (χ1n) is 9.55. The summed E-state index contributed by atoms with van der Waals surface area (Å²) in [4.78, 5) is 23.9. The molecule has 1 aromatic heterocycles. The number of esters is 1. The molecule has 2 heterocycles. The molecule has 146 valence electrons. The minimum Gasteiger partial charge on any atom is -0.481 e. The first kappa shape index (κ1) is 18.5. The van der Waals surface area contributed by atoms with Gasteiger partial charge in [0.1, 0.15) is 5.76 Å². The molecule has 1 aliphatic carbocycles. The highest BCUT2D eigenvalue weighted by atomic mass is 16.5. The molecule has 1 saturated carbocycles. The minimum absolute atomic E-state index is 0.330. The van der Waals surface area contributed by atoms with Gasteiger partial charge in [0.05, 0.1) is 18.8 Å². The van der Waals surface area contributed by atoms with Crippen LogP contribution in [0.5, 0.6) is 0 Å². The molecule has 2 aromatic rings. The number of carboxylic acids is 1. The summed E-state index contributed by atoms with van der Waals surface area (Å²) in [7, 11) is 0. The third-order valence-electron chi connectivity index (χ3n) is 6.32.